The molecule has 6 nitrogen and oxygen atoms in total. The Balaban J connectivity index is 2.34. The quantitative estimate of drug-likeness (QED) is 0.399. The molecule has 0 aliphatic carbocycles. The Hall–Kier alpha value is -3.02. The van der Waals surface area contributed by atoms with Crippen molar-refractivity contribution in [2.24, 2.45) is 0 Å². The highest BCUT2D eigenvalue weighted by Crippen LogP contribution is 2.39. The van der Waals surface area contributed by atoms with Crippen LogP contribution in [0, 0.1) is 0 Å². The molecule has 1 unspecified atom stereocenters. The molecule has 2 amide bonds. The molecule has 2 rings (SSSR count). The van der Waals surface area contributed by atoms with Crippen LogP contribution in [0.15, 0.2) is 36.4 Å². The lowest BCUT2D eigenvalue weighted by atomic mass is 9.84. The average Bonchev–Trinajstić information content (AvgIpc) is 2.77. The van der Waals surface area contributed by atoms with Gasteiger partial charge >= 0.3 is 0 Å². The third-order valence-corrected chi connectivity index (χ3v) is 5.87. The van der Waals surface area contributed by atoms with Gasteiger partial charge in [-0.15, -0.1) is 0 Å². The van der Waals surface area contributed by atoms with Gasteiger partial charge in [0, 0.05) is 30.3 Å². The summed E-state index contributed by atoms with van der Waals surface area (Å²) in [7, 11) is 3.10. The van der Waals surface area contributed by atoms with Crippen LogP contribution < -0.4 is 15.4 Å². The summed E-state index contributed by atoms with van der Waals surface area (Å²) in [4.78, 5) is 25.4. The third kappa shape index (κ3) is 6.98. The van der Waals surface area contributed by atoms with Crippen molar-refractivity contribution < 1.29 is 19.4 Å². The second-order valence-corrected chi connectivity index (χ2v) is 9.43. The smallest absolute Gasteiger partial charge is 0.251 e. The Morgan fingerprint density at radius 2 is 1.85 bits per heavy atom. The molecule has 0 radical (unpaired) electrons. The lowest BCUT2D eigenvalue weighted by Gasteiger charge is -2.25. The van der Waals surface area contributed by atoms with Crippen LogP contribution in [0.4, 0.5) is 5.69 Å². The van der Waals surface area contributed by atoms with Gasteiger partial charge < -0.3 is 20.5 Å². The molecule has 0 bridgehead atoms. The number of para-hydroxylation sites is 1. The average molecular weight is 455 g/mol. The van der Waals surface area contributed by atoms with Crippen LogP contribution in [0.3, 0.4) is 0 Å². The molecule has 180 valence electrons. The number of rotatable bonds is 10. The van der Waals surface area contributed by atoms with Gasteiger partial charge in [-0.05, 0) is 41.5 Å². The predicted molar refractivity (Wildman–Crippen MR) is 133 cm³/mol. The molecule has 0 saturated heterocycles. The van der Waals surface area contributed by atoms with Crippen LogP contribution in [0.2, 0.25) is 0 Å². The van der Waals surface area contributed by atoms with Gasteiger partial charge in [-0.25, -0.2) is 0 Å². The lowest BCUT2D eigenvalue weighted by Crippen LogP contribution is -2.22. The summed E-state index contributed by atoms with van der Waals surface area (Å²) in [6.45, 7) is 8.34. The SMILES string of the molecule is CCCCCC(CC(=O)Nc1cc(C(=O)NC)ccc1C(C)(C)C)c1cccc(OC)c1O. The van der Waals surface area contributed by atoms with E-state index in [-0.39, 0.29) is 35.3 Å². The zero-order valence-electron chi connectivity index (χ0n) is 20.7. The summed E-state index contributed by atoms with van der Waals surface area (Å²) >= 11 is 0. The maximum Gasteiger partial charge on any atom is 0.251 e. The molecule has 3 N–H and O–H groups in total. The summed E-state index contributed by atoms with van der Waals surface area (Å²) in [5.74, 6) is -0.0113. The number of methoxy groups -OCH3 is 1. The number of aromatic hydroxyl groups is 1. The van der Waals surface area contributed by atoms with Crippen molar-refractivity contribution in [3.63, 3.8) is 0 Å². The Morgan fingerprint density at radius 1 is 1.12 bits per heavy atom. The van der Waals surface area contributed by atoms with Crippen molar-refractivity contribution in [3.8, 4) is 11.5 Å². The van der Waals surface area contributed by atoms with Crippen molar-refractivity contribution in [2.75, 3.05) is 19.5 Å². The van der Waals surface area contributed by atoms with Gasteiger partial charge in [-0.3, -0.25) is 9.59 Å². The van der Waals surface area contributed by atoms with E-state index >= 15 is 0 Å². The highest BCUT2D eigenvalue weighted by atomic mass is 16.5. The van der Waals surface area contributed by atoms with Crippen LogP contribution in [0.1, 0.15) is 87.2 Å². The molecule has 2 aromatic rings. The lowest BCUT2D eigenvalue weighted by molar-refractivity contribution is -0.116. The molecule has 0 fully saturated rings. The summed E-state index contributed by atoms with van der Waals surface area (Å²) in [6.07, 6.45) is 4.10. The van der Waals surface area contributed by atoms with Crippen LogP contribution >= 0.6 is 0 Å². The Bertz CT molecular complexity index is 963. The van der Waals surface area contributed by atoms with E-state index in [4.69, 9.17) is 4.74 Å². The van der Waals surface area contributed by atoms with Gasteiger partial charge in [-0.2, -0.15) is 0 Å². The number of hydrogen-bond donors (Lipinski definition) is 3. The Morgan fingerprint density at radius 3 is 2.45 bits per heavy atom. The number of nitrogens with one attached hydrogen (secondary N) is 2. The third-order valence-electron chi connectivity index (χ3n) is 5.87. The molecule has 0 spiro atoms. The Labute approximate surface area is 197 Å². The number of amides is 2. The first-order chi connectivity index (χ1) is 15.6. The number of unbranched alkanes of at least 4 members (excludes halogenated alkanes) is 2. The minimum Gasteiger partial charge on any atom is -0.504 e. The van der Waals surface area contributed by atoms with Gasteiger partial charge in [0.05, 0.1) is 7.11 Å². The van der Waals surface area contributed by atoms with E-state index in [9.17, 15) is 14.7 Å². The van der Waals surface area contributed by atoms with E-state index in [0.29, 0.717) is 17.0 Å². The standard InChI is InChI=1S/C27H38N2O4/c1-7-8-9-11-18(20-12-10-13-23(33-6)25(20)31)17-24(30)29-22-16-19(26(32)28-5)14-15-21(22)27(2,3)4/h10,12-16,18,31H,7-9,11,17H2,1-6H3,(H,28,32)(H,29,30). The maximum atomic E-state index is 13.2. The molecular weight excluding hydrogens is 416 g/mol. The number of anilines is 1. The van der Waals surface area contributed by atoms with Crippen molar-refractivity contribution in [2.45, 2.75) is 71.1 Å². The second kappa shape index (κ2) is 11.7. The Kier molecular flexibility index (Phi) is 9.32. The summed E-state index contributed by atoms with van der Waals surface area (Å²) < 4.78 is 5.27. The highest BCUT2D eigenvalue weighted by Gasteiger charge is 2.24. The first kappa shape index (κ1) is 26.2. The fourth-order valence-corrected chi connectivity index (χ4v) is 4.05. The van der Waals surface area contributed by atoms with Gasteiger partial charge in [0.15, 0.2) is 11.5 Å². The second-order valence-electron chi connectivity index (χ2n) is 9.43. The number of ether oxygens (including phenoxy) is 1. The van der Waals surface area contributed by atoms with Gasteiger partial charge in [0.2, 0.25) is 5.91 Å². The molecule has 0 aliphatic rings. The molecule has 0 saturated carbocycles. The van der Waals surface area contributed by atoms with Gasteiger partial charge in [0.1, 0.15) is 0 Å². The minimum absolute atomic E-state index is 0.0892. The topological polar surface area (TPSA) is 87.7 Å². The molecule has 0 aromatic heterocycles. The number of benzene rings is 2. The minimum atomic E-state index is -0.213. The largest absolute Gasteiger partial charge is 0.504 e. The van der Waals surface area contributed by atoms with Gasteiger partial charge in [-0.1, -0.05) is 65.2 Å². The van der Waals surface area contributed by atoms with Crippen molar-refractivity contribution in [1.82, 2.24) is 5.32 Å². The molecule has 1 atom stereocenters. The van der Waals surface area contributed by atoms with Crippen LogP contribution in [0.5, 0.6) is 11.5 Å². The summed E-state index contributed by atoms with van der Waals surface area (Å²) in [5.41, 5.74) is 2.59. The fourth-order valence-electron chi connectivity index (χ4n) is 4.05. The zero-order chi connectivity index (χ0) is 24.6. The number of phenolic OH excluding ortho intramolecular Hbond substituents is 1. The number of hydrogen-bond acceptors (Lipinski definition) is 4. The van der Waals surface area contributed by atoms with Crippen molar-refractivity contribution in [3.05, 3.63) is 53.1 Å². The monoisotopic (exact) mass is 454 g/mol. The van der Waals surface area contributed by atoms with E-state index < -0.39 is 0 Å². The molecule has 0 aliphatic heterocycles. The van der Waals surface area contributed by atoms with E-state index in [2.05, 4.69) is 38.3 Å². The van der Waals surface area contributed by atoms with Crippen molar-refractivity contribution in [1.29, 1.82) is 0 Å². The van der Waals surface area contributed by atoms with Crippen LogP contribution in [-0.2, 0) is 10.2 Å². The summed E-state index contributed by atoms with van der Waals surface area (Å²) in [5, 5.41) is 16.4. The molecule has 2 aromatic carbocycles. The molecule has 0 heterocycles. The van der Waals surface area contributed by atoms with E-state index in [1.54, 1.807) is 25.2 Å². The van der Waals surface area contributed by atoms with E-state index in [0.717, 1.165) is 36.8 Å². The fraction of sp³-hybridized carbons (Fsp3) is 0.481. The molecular formula is C27H38N2O4. The van der Waals surface area contributed by atoms with Crippen molar-refractivity contribution >= 4 is 17.5 Å². The first-order valence-corrected chi connectivity index (χ1v) is 11.6. The van der Waals surface area contributed by atoms with Crippen LogP contribution in [-0.4, -0.2) is 31.1 Å². The van der Waals surface area contributed by atoms with Crippen LogP contribution in [0.25, 0.3) is 0 Å². The summed E-state index contributed by atoms with van der Waals surface area (Å²) in [6, 6.07) is 10.8. The maximum absolute atomic E-state index is 13.2. The number of carbonyl (C=O) groups is 2. The van der Waals surface area contributed by atoms with E-state index in [1.807, 2.05) is 18.2 Å². The molecule has 6 heteroatoms. The molecule has 33 heavy (non-hydrogen) atoms. The first-order valence-electron chi connectivity index (χ1n) is 11.6. The van der Waals surface area contributed by atoms with E-state index in [1.165, 1.54) is 7.11 Å². The predicted octanol–water partition coefficient (Wildman–Crippen LogP) is 5.75. The highest BCUT2D eigenvalue weighted by molar-refractivity contribution is 5.98. The zero-order valence-corrected chi connectivity index (χ0v) is 20.7. The normalized spacial score (nSPS) is 12.2. The number of carbonyl (C=O) groups excluding carboxylic acids is 2. The number of phenols is 1. The van der Waals surface area contributed by atoms with Gasteiger partial charge in [0.25, 0.3) is 5.91 Å².